The number of hydrogen-bond acceptors (Lipinski definition) is 2. The molecule has 0 aliphatic heterocycles. The Morgan fingerprint density at radius 1 is 0.731 bits per heavy atom. The van der Waals surface area contributed by atoms with Gasteiger partial charge in [-0.25, -0.2) is 0 Å². The van der Waals surface area contributed by atoms with E-state index < -0.39 is 0 Å². The van der Waals surface area contributed by atoms with Crippen LogP contribution in [-0.4, -0.2) is 12.1 Å². The number of hydrogen-bond donors (Lipinski definition) is 2. The Morgan fingerprint density at radius 2 is 1.15 bits per heavy atom. The van der Waals surface area contributed by atoms with E-state index in [9.17, 15) is 0 Å². The number of nitrogens with one attached hydrogen (secondary N) is 2. The van der Waals surface area contributed by atoms with Gasteiger partial charge in [0.05, 0.1) is 0 Å². The molecule has 142 valence electrons. The molecule has 1 aromatic rings. The molecule has 2 nitrogen and oxygen atoms in total. The Kier molecular flexibility index (Phi) is 7.22. The van der Waals surface area contributed by atoms with E-state index >= 15 is 0 Å². The largest absolute Gasteiger partial charge is 0.382 e. The Morgan fingerprint density at radius 3 is 1.54 bits per heavy atom. The van der Waals surface area contributed by atoms with Crippen molar-refractivity contribution in [3.05, 3.63) is 35.4 Å². The van der Waals surface area contributed by atoms with E-state index in [1.54, 1.807) is 0 Å². The van der Waals surface area contributed by atoms with Crippen molar-refractivity contribution in [3.63, 3.8) is 0 Å². The molecule has 3 rings (SSSR count). The molecule has 2 heteroatoms. The number of benzene rings is 1. The average molecular weight is 353 g/mol. The van der Waals surface area contributed by atoms with Gasteiger partial charge in [-0.05, 0) is 61.8 Å². The minimum atomic E-state index is 0.639. The molecule has 0 spiro atoms. The van der Waals surface area contributed by atoms with E-state index in [0.717, 1.165) is 12.8 Å². The van der Waals surface area contributed by atoms with Gasteiger partial charge in [-0.3, -0.25) is 0 Å². The summed E-state index contributed by atoms with van der Waals surface area (Å²) in [4.78, 5) is 0. The van der Waals surface area contributed by atoms with Crippen LogP contribution in [-0.2, 0) is 0 Å². The summed E-state index contributed by atoms with van der Waals surface area (Å²) in [5, 5.41) is 7.70. The predicted molar refractivity (Wildman–Crippen MR) is 117 cm³/mol. The fraction of sp³-hybridized carbons (Fsp3) is 0.583. The number of anilines is 2. The maximum atomic E-state index is 3.85. The van der Waals surface area contributed by atoms with E-state index in [0.29, 0.717) is 12.1 Å². The van der Waals surface area contributed by atoms with Crippen LogP contribution in [0.5, 0.6) is 0 Å². The SMILES string of the molecule is CCC=Cc1cc(C=CCC)c(NC2CCCC2)cc1NC1CCCC1. The first-order valence-electron chi connectivity index (χ1n) is 10.8. The highest BCUT2D eigenvalue weighted by Crippen LogP contribution is 2.33. The predicted octanol–water partition coefficient (Wildman–Crippen LogP) is 7.24. The van der Waals surface area contributed by atoms with Gasteiger partial charge in [0.2, 0.25) is 0 Å². The van der Waals surface area contributed by atoms with Crippen molar-refractivity contribution in [2.75, 3.05) is 10.6 Å². The molecule has 0 bridgehead atoms. The summed E-state index contributed by atoms with van der Waals surface area (Å²) in [7, 11) is 0. The molecule has 2 saturated carbocycles. The number of allylic oxidation sites excluding steroid dienone is 2. The van der Waals surface area contributed by atoms with Gasteiger partial charge in [-0.1, -0.05) is 63.8 Å². The standard InChI is InChI=1S/C24H36N2/c1-3-5-11-19-17-20(12-6-4-2)24(26-22-15-9-10-16-22)18-23(19)25-21-13-7-8-14-21/h5-6,11-12,17-18,21-22,25-26H,3-4,7-10,13-16H2,1-2H3. The van der Waals surface area contributed by atoms with Gasteiger partial charge in [0.1, 0.15) is 0 Å². The Labute approximate surface area is 160 Å². The summed E-state index contributed by atoms with van der Waals surface area (Å²) in [6, 6.07) is 6.02. The monoisotopic (exact) mass is 352 g/mol. The Bertz CT molecular complexity index is 566. The molecule has 0 aromatic heterocycles. The highest BCUT2D eigenvalue weighted by atomic mass is 15.0. The molecule has 0 radical (unpaired) electrons. The second-order valence-corrected chi connectivity index (χ2v) is 7.90. The van der Waals surface area contributed by atoms with Crippen molar-refractivity contribution >= 4 is 23.5 Å². The lowest BCUT2D eigenvalue weighted by atomic mass is 10.0. The molecule has 0 atom stereocenters. The molecule has 2 N–H and O–H groups in total. The zero-order valence-electron chi connectivity index (χ0n) is 16.7. The fourth-order valence-corrected chi connectivity index (χ4v) is 4.23. The fourth-order valence-electron chi connectivity index (χ4n) is 4.23. The van der Waals surface area contributed by atoms with Gasteiger partial charge in [0.15, 0.2) is 0 Å². The van der Waals surface area contributed by atoms with Gasteiger partial charge < -0.3 is 10.6 Å². The normalized spacial score (nSPS) is 19.2. The van der Waals surface area contributed by atoms with E-state index in [4.69, 9.17) is 0 Å². The van der Waals surface area contributed by atoms with Crippen LogP contribution >= 0.6 is 0 Å². The van der Waals surface area contributed by atoms with Crippen molar-refractivity contribution in [1.82, 2.24) is 0 Å². The molecular weight excluding hydrogens is 316 g/mol. The van der Waals surface area contributed by atoms with Crippen LogP contribution in [0.2, 0.25) is 0 Å². The quantitative estimate of drug-likeness (QED) is 0.515. The molecule has 26 heavy (non-hydrogen) atoms. The van der Waals surface area contributed by atoms with E-state index in [1.165, 1.54) is 73.9 Å². The first kappa shape index (κ1) is 19.1. The van der Waals surface area contributed by atoms with Crippen molar-refractivity contribution in [2.45, 2.75) is 90.1 Å². The van der Waals surface area contributed by atoms with E-state index in [1.807, 2.05) is 0 Å². The molecule has 0 heterocycles. The topological polar surface area (TPSA) is 24.1 Å². The lowest BCUT2D eigenvalue weighted by Crippen LogP contribution is -2.18. The van der Waals surface area contributed by atoms with E-state index in [-0.39, 0.29) is 0 Å². The zero-order chi connectivity index (χ0) is 18.2. The Hall–Kier alpha value is -1.70. The van der Waals surface area contributed by atoms with Gasteiger partial charge in [0.25, 0.3) is 0 Å². The summed E-state index contributed by atoms with van der Waals surface area (Å²) < 4.78 is 0. The van der Waals surface area contributed by atoms with Crippen LogP contribution in [0.15, 0.2) is 24.3 Å². The second-order valence-electron chi connectivity index (χ2n) is 7.90. The molecule has 1 aromatic carbocycles. The van der Waals surface area contributed by atoms with Crippen LogP contribution in [0.3, 0.4) is 0 Å². The summed E-state index contributed by atoms with van der Waals surface area (Å²) in [6.07, 6.45) is 21.9. The summed E-state index contributed by atoms with van der Waals surface area (Å²) >= 11 is 0. The molecule has 2 aliphatic carbocycles. The molecule has 2 aliphatic rings. The summed E-state index contributed by atoms with van der Waals surface area (Å²) in [5.74, 6) is 0. The third kappa shape index (κ3) is 5.16. The maximum absolute atomic E-state index is 3.85. The summed E-state index contributed by atoms with van der Waals surface area (Å²) in [5.41, 5.74) is 5.25. The first-order valence-corrected chi connectivity index (χ1v) is 10.8. The van der Waals surface area contributed by atoms with Crippen LogP contribution in [0, 0.1) is 0 Å². The molecule has 0 unspecified atom stereocenters. The highest BCUT2D eigenvalue weighted by molar-refractivity contribution is 5.79. The minimum absolute atomic E-state index is 0.639. The van der Waals surface area contributed by atoms with Crippen molar-refractivity contribution < 1.29 is 0 Å². The third-order valence-corrected chi connectivity index (χ3v) is 5.72. The van der Waals surface area contributed by atoms with Crippen molar-refractivity contribution in [3.8, 4) is 0 Å². The molecule has 0 amide bonds. The van der Waals surface area contributed by atoms with Gasteiger partial charge in [-0.2, -0.15) is 0 Å². The maximum Gasteiger partial charge on any atom is 0.0436 e. The molecule has 2 fully saturated rings. The van der Waals surface area contributed by atoms with E-state index in [2.05, 4.69) is 60.9 Å². The van der Waals surface area contributed by atoms with Gasteiger partial charge >= 0.3 is 0 Å². The first-order chi connectivity index (χ1) is 12.8. The van der Waals surface area contributed by atoms with Crippen LogP contribution in [0.25, 0.3) is 12.2 Å². The summed E-state index contributed by atoms with van der Waals surface area (Å²) in [6.45, 7) is 4.41. The van der Waals surface area contributed by atoms with Crippen LogP contribution < -0.4 is 10.6 Å². The second kappa shape index (κ2) is 9.85. The lowest BCUT2D eigenvalue weighted by molar-refractivity contribution is 0.751. The van der Waals surface area contributed by atoms with Gasteiger partial charge in [0, 0.05) is 23.5 Å². The molecule has 0 saturated heterocycles. The van der Waals surface area contributed by atoms with Crippen LogP contribution in [0.4, 0.5) is 11.4 Å². The smallest absolute Gasteiger partial charge is 0.0436 e. The van der Waals surface area contributed by atoms with Crippen molar-refractivity contribution in [1.29, 1.82) is 0 Å². The van der Waals surface area contributed by atoms with Crippen LogP contribution in [0.1, 0.15) is 89.2 Å². The van der Waals surface area contributed by atoms with Crippen molar-refractivity contribution in [2.24, 2.45) is 0 Å². The highest BCUT2D eigenvalue weighted by Gasteiger charge is 2.19. The zero-order valence-corrected chi connectivity index (χ0v) is 16.7. The molecular formula is C24H36N2. The Balaban J connectivity index is 1.92. The third-order valence-electron chi connectivity index (χ3n) is 5.72. The number of rotatable bonds is 8. The minimum Gasteiger partial charge on any atom is -0.382 e. The lowest BCUT2D eigenvalue weighted by Gasteiger charge is -2.21. The van der Waals surface area contributed by atoms with Gasteiger partial charge in [-0.15, -0.1) is 0 Å². The average Bonchev–Trinajstić information content (AvgIpc) is 3.34.